The van der Waals surface area contributed by atoms with Gasteiger partial charge in [-0.05, 0) is 32.1 Å². The lowest BCUT2D eigenvalue weighted by atomic mass is 9.93. The first kappa shape index (κ1) is 9.30. The summed E-state index contributed by atoms with van der Waals surface area (Å²) < 4.78 is 4.87. The number of rotatable bonds is 3. The van der Waals surface area contributed by atoms with Crippen LogP contribution in [0.15, 0.2) is 12.2 Å². The molecule has 1 aliphatic carbocycles. The Kier molecular flexibility index (Phi) is 3.85. The van der Waals surface area contributed by atoms with Crippen molar-refractivity contribution in [3.63, 3.8) is 0 Å². The number of hydrogen-bond acceptors (Lipinski definition) is 2. The van der Waals surface area contributed by atoms with Crippen LogP contribution in [0, 0.1) is 5.92 Å². The highest BCUT2D eigenvalue weighted by atomic mass is 16.5. The van der Waals surface area contributed by atoms with E-state index in [2.05, 4.69) is 12.2 Å². The lowest BCUT2D eigenvalue weighted by Crippen LogP contribution is -2.11. The average Bonchev–Trinajstić information content (AvgIpc) is 2.06. The summed E-state index contributed by atoms with van der Waals surface area (Å²) in [5, 5.41) is 0. The summed E-state index contributed by atoms with van der Waals surface area (Å²) in [5.74, 6) is 0.367. The summed E-state index contributed by atoms with van der Waals surface area (Å²) in [5.41, 5.74) is 0. The molecule has 0 amide bonds. The van der Waals surface area contributed by atoms with E-state index in [1.165, 1.54) is 12.8 Å². The van der Waals surface area contributed by atoms with Gasteiger partial charge in [0.1, 0.15) is 0 Å². The molecular formula is C10H16O2. The van der Waals surface area contributed by atoms with Crippen molar-refractivity contribution in [3.8, 4) is 0 Å². The summed E-state index contributed by atoms with van der Waals surface area (Å²) in [4.78, 5) is 11.1. The normalized spacial score (nSPS) is 22.2. The zero-order chi connectivity index (χ0) is 8.81. The minimum Gasteiger partial charge on any atom is -0.466 e. The van der Waals surface area contributed by atoms with E-state index in [-0.39, 0.29) is 5.97 Å². The van der Waals surface area contributed by atoms with E-state index < -0.39 is 0 Å². The van der Waals surface area contributed by atoms with Gasteiger partial charge < -0.3 is 4.74 Å². The van der Waals surface area contributed by atoms with Crippen LogP contribution in [-0.4, -0.2) is 12.6 Å². The summed E-state index contributed by atoms with van der Waals surface area (Å²) in [6, 6.07) is 0. The van der Waals surface area contributed by atoms with Crippen molar-refractivity contribution < 1.29 is 9.53 Å². The van der Waals surface area contributed by atoms with Gasteiger partial charge in [-0.3, -0.25) is 4.79 Å². The second-order valence-corrected chi connectivity index (χ2v) is 3.13. The highest BCUT2D eigenvalue weighted by molar-refractivity contribution is 5.69. The minimum absolute atomic E-state index is 0.0611. The van der Waals surface area contributed by atoms with Crippen LogP contribution in [0.4, 0.5) is 0 Å². The number of carbonyl (C=O) groups is 1. The van der Waals surface area contributed by atoms with Crippen molar-refractivity contribution in [2.75, 3.05) is 6.61 Å². The largest absolute Gasteiger partial charge is 0.466 e. The molecule has 1 aliphatic rings. The zero-order valence-corrected chi connectivity index (χ0v) is 7.58. The molecule has 68 valence electrons. The lowest BCUT2D eigenvalue weighted by Gasteiger charge is -2.14. The van der Waals surface area contributed by atoms with Gasteiger partial charge in [0.2, 0.25) is 0 Å². The summed E-state index contributed by atoms with van der Waals surface area (Å²) in [6.45, 7) is 2.34. The van der Waals surface area contributed by atoms with E-state index >= 15 is 0 Å². The van der Waals surface area contributed by atoms with Crippen LogP contribution in [-0.2, 0) is 9.53 Å². The number of hydrogen-bond donors (Lipinski definition) is 0. The van der Waals surface area contributed by atoms with E-state index in [1.807, 2.05) is 6.92 Å². The molecule has 0 aromatic carbocycles. The number of ether oxygens (including phenoxy) is 1. The molecule has 0 saturated heterocycles. The smallest absolute Gasteiger partial charge is 0.306 e. The summed E-state index contributed by atoms with van der Waals surface area (Å²) in [7, 11) is 0. The predicted octanol–water partition coefficient (Wildman–Crippen LogP) is 2.30. The fourth-order valence-electron chi connectivity index (χ4n) is 1.49. The van der Waals surface area contributed by atoms with E-state index in [0.29, 0.717) is 18.9 Å². The van der Waals surface area contributed by atoms with Gasteiger partial charge >= 0.3 is 5.97 Å². The molecule has 2 heteroatoms. The van der Waals surface area contributed by atoms with Crippen LogP contribution < -0.4 is 0 Å². The Hall–Kier alpha value is -0.790. The highest BCUT2D eigenvalue weighted by Gasteiger charge is 2.13. The van der Waals surface area contributed by atoms with Crippen molar-refractivity contribution in [3.05, 3.63) is 12.2 Å². The quantitative estimate of drug-likeness (QED) is 0.477. The maximum Gasteiger partial charge on any atom is 0.306 e. The highest BCUT2D eigenvalue weighted by Crippen LogP contribution is 2.20. The second-order valence-electron chi connectivity index (χ2n) is 3.13. The lowest BCUT2D eigenvalue weighted by molar-refractivity contribution is -0.143. The summed E-state index contributed by atoms with van der Waals surface area (Å²) in [6.07, 6.45) is 8.37. The van der Waals surface area contributed by atoms with Crippen LogP contribution in [0.1, 0.15) is 32.6 Å². The van der Waals surface area contributed by atoms with Gasteiger partial charge in [-0.1, -0.05) is 12.2 Å². The van der Waals surface area contributed by atoms with Gasteiger partial charge in [0.05, 0.1) is 13.0 Å². The fraction of sp³-hybridized carbons (Fsp3) is 0.700. The van der Waals surface area contributed by atoms with Crippen molar-refractivity contribution in [1.82, 2.24) is 0 Å². The Bertz CT molecular complexity index is 173. The van der Waals surface area contributed by atoms with Crippen molar-refractivity contribution >= 4 is 5.97 Å². The first-order valence-electron chi connectivity index (χ1n) is 4.65. The third-order valence-electron chi connectivity index (χ3n) is 2.09. The Morgan fingerprint density at radius 3 is 3.08 bits per heavy atom. The standard InChI is InChI=1S/C10H16O2/c1-2-12-10(11)8-9-6-4-3-5-7-9/h4,6,9H,2-3,5,7-8H2,1H3/t9-/m1/s1. The molecule has 0 bridgehead atoms. The Balaban J connectivity index is 2.25. The monoisotopic (exact) mass is 168 g/mol. The molecule has 0 saturated carbocycles. The Labute approximate surface area is 73.6 Å². The van der Waals surface area contributed by atoms with Crippen LogP contribution in [0.2, 0.25) is 0 Å². The third kappa shape index (κ3) is 3.07. The van der Waals surface area contributed by atoms with Gasteiger partial charge in [0, 0.05) is 0 Å². The first-order chi connectivity index (χ1) is 5.83. The van der Waals surface area contributed by atoms with Gasteiger partial charge in [0.25, 0.3) is 0 Å². The van der Waals surface area contributed by atoms with Crippen LogP contribution in [0.5, 0.6) is 0 Å². The first-order valence-corrected chi connectivity index (χ1v) is 4.65. The fourth-order valence-corrected chi connectivity index (χ4v) is 1.49. The topological polar surface area (TPSA) is 26.3 Å². The van der Waals surface area contributed by atoms with Crippen LogP contribution in [0.3, 0.4) is 0 Å². The van der Waals surface area contributed by atoms with Crippen molar-refractivity contribution in [2.24, 2.45) is 5.92 Å². The third-order valence-corrected chi connectivity index (χ3v) is 2.09. The van der Waals surface area contributed by atoms with E-state index in [0.717, 1.165) is 6.42 Å². The van der Waals surface area contributed by atoms with Gasteiger partial charge in [-0.25, -0.2) is 0 Å². The molecule has 0 fully saturated rings. The van der Waals surface area contributed by atoms with E-state index in [1.54, 1.807) is 0 Å². The molecule has 0 unspecified atom stereocenters. The van der Waals surface area contributed by atoms with Crippen molar-refractivity contribution in [1.29, 1.82) is 0 Å². The predicted molar refractivity (Wildman–Crippen MR) is 47.7 cm³/mol. The van der Waals surface area contributed by atoms with Crippen LogP contribution >= 0.6 is 0 Å². The number of carbonyl (C=O) groups excluding carboxylic acids is 1. The molecule has 1 atom stereocenters. The maximum absolute atomic E-state index is 11.1. The molecule has 12 heavy (non-hydrogen) atoms. The number of esters is 1. The number of allylic oxidation sites excluding steroid dienone is 2. The minimum atomic E-state index is -0.0611. The van der Waals surface area contributed by atoms with Crippen molar-refractivity contribution in [2.45, 2.75) is 32.6 Å². The maximum atomic E-state index is 11.1. The SMILES string of the molecule is CCOC(=O)C[C@@H]1C=CCCC1. The second kappa shape index (κ2) is 4.96. The summed E-state index contributed by atoms with van der Waals surface area (Å²) >= 11 is 0. The molecule has 2 nitrogen and oxygen atoms in total. The molecule has 0 N–H and O–H groups in total. The molecule has 0 aromatic rings. The van der Waals surface area contributed by atoms with Crippen LogP contribution in [0.25, 0.3) is 0 Å². The van der Waals surface area contributed by atoms with Gasteiger partial charge in [0.15, 0.2) is 0 Å². The van der Waals surface area contributed by atoms with Gasteiger partial charge in [-0.2, -0.15) is 0 Å². The molecule has 1 rings (SSSR count). The molecule has 0 aromatic heterocycles. The van der Waals surface area contributed by atoms with E-state index in [4.69, 9.17) is 4.74 Å². The molecule has 0 spiro atoms. The molecule has 0 heterocycles. The molecule has 0 radical (unpaired) electrons. The Morgan fingerprint density at radius 2 is 2.50 bits per heavy atom. The molecular weight excluding hydrogens is 152 g/mol. The average molecular weight is 168 g/mol. The molecule has 0 aliphatic heterocycles. The Morgan fingerprint density at radius 1 is 1.67 bits per heavy atom. The zero-order valence-electron chi connectivity index (χ0n) is 7.58. The van der Waals surface area contributed by atoms with E-state index in [9.17, 15) is 4.79 Å². The van der Waals surface area contributed by atoms with Gasteiger partial charge in [-0.15, -0.1) is 0 Å².